The Hall–Kier alpha value is -5.99. The normalized spacial score (nSPS) is 11.6. The molecule has 9 aromatic rings. The Labute approximate surface area is 260 Å². The van der Waals surface area contributed by atoms with Gasteiger partial charge in [-0.2, -0.15) is 0 Å². The predicted molar refractivity (Wildman–Crippen MR) is 188 cm³/mol. The van der Waals surface area contributed by atoms with E-state index in [2.05, 4.69) is 140 Å². The maximum Gasteiger partial charge on any atom is 0.136 e. The van der Waals surface area contributed by atoms with Gasteiger partial charge >= 0.3 is 0 Å². The maximum atomic E-state index is 6.31. The molecule has 2 nitrogen and oxygen atoms in total. The van der Waals surface area contributed by atoms with Crippen molar-refractivity contribution in [1.29, 1.82) is 0 Å². The minimum atomic E-state index is 0.866. The fraction of sp³-hybridized carbons (Fsp3) is 0. The molecule has 0 fully saturated rings. The van der Waals surface area contributed by atoms with Crippen molar-refractivity contribution in [3.8, 4) is 44.6 Å². The number of rotatable bonds is 4. The van der Waals surface area contributed by atoms with Crippen LogP contribution in [0, 0.1) is 0 Å². The molecular weight excluding hydrogens is 546 g/mol. The molecule has 0 atom stereocenters. The van der Waals surface area contributed by atoms with E-state index >= 15 is 0 Å². The Morgan fingerprint density at radius 2 is 0.956 bits per heavy atom. The Bertz CT molecular complexity index is 2470. The van der Waals surface area contributed by atoms with Gasteiger partial charge in [0.25, 0.3) is 0 Å². The average Bonchev–Trinajstić information content (AvgIpc) is 3.50. The molecular formula is C43H27NO. The first-order valence-corrected chi connectivity index (χ1v) is 15.3. The summed E-state index contributed by atoms with van der Waals surface area (Å²) in [6, 6.07) is 56.0. The summed E-state index contributed by atoms with van der Waals surface area (Å²) in [4.78, 5) is 4.83. The number of pyridine rings is 1. The van der Waals surface area contributed by atoms with E-state index in [0.29, 0.717) is 0 Å². The Morgan fingerprint density at radius 1 is 0.378 bits per heavy atom. The van der Waals surface area contributed by atoms with Gasteiger partial charge in [0.05, 0.1) is 5.69 Å². The van der Waals surface area contributed by atoms with E-state index in [0.717, 1.165) is 44.3 Å². The fourth-order valence-electron chi connectivity index (χ4n) is 7.03. The van der Waals surface area contributed by atoms with Gasteiger partial charge in [-0.05, 0) is 91.3 Å². The molecule has 2 heteroatoms. The molecule has 0 saturated heterocycles. The highest BCUT2D eigenvalue weighted by molar-refractivity contribution is 6.22. The summed E-state index contributed by atoms with van der Waals surface area (Å²) in [6.45, 7) is 0. The van der Waals surface area contributed by atoms with Crippen LogP contribution in [-0.4, -0.2) is 4.98 Å². The fourth-order valence-corrected chi connectivity index (χ4v) is 7.03. The zero-order valence-electron chi connectivity index (χ0n) is 24.4. The number of benzene rings is 7. The summed E-state index contributed by atoms with van der Waals surface area (Å²) in [7, 11) is 0. The molecule has 2 heterocycles. The van der Waals surface area contributed by atoms with Crippen LogP contribution >= 0.6 is 0 Å². The first kappa shape index (κ1) is 25.5. The van der Waals surface area contributed by atoms with E-state index in [1.807, 2.05) is 24.4 Å². The molecule has 0 radical (unpaired) electrons. The third-order valence-corrected chi connectivity index (χ3v) is 8.92. The third kappa shape index (κ3) is 4.07. The molecule has 0 amide bonds. The first-order valence-electron chi connectivity index (χ1n) is 15.3. The third-order valence-electron chi connectivity index (χ3n) is 8.92. The molecule has 0 aliphatic carbocycles. The standard InChI is InChI=1S/C43H27NO/c1-2-13-28(14-3-1)40-32-17-4-6-19-34(32)41(35-20-7-5-18-33(35)40)30-16-12-15-29(27-30)31-24-25-39-43(36-21-8-9-23-38(36)45-39)42(31)37-22-10-11-26-44-37/h1-27H. The number of hydrogen-bond donors (Lipinski definition) is 0. The SMILES string of the molecule is c1ccc(-c2c3ccccc3c(-c3cccc(-c4ccc5oc6ccccc6c5c4-c4ccccn4)c3)c3ccccc23)cc1. The van der Waals surface area contributed by atoms with Crippen LogP contribution in [0.25, 0.3) is 88.1 Å². The van der Waals surface area contributed by atoms with Crippen molar-refractivity contribution in [3.63, 3.8) is 0 Å². The van der Waals surface area contributed by atoms with Gasteiger partial charge in [-0.1, -0.05) is 121 Å². The van der Waals surface area contributed by atoms with Crippen LogP contribution in [0.4, 0.5) is 0 Å². The average molecular weight is 574 g/mol. The summed E-state index contributed by atoms with van der Waals surface area (Å²) in [5.41, 5.74) is 11.0. The second-order valence-electron chi connectivity index (χ2n) is 11.5. The summed E-state index contributed by atoms with van der Waals surface area (Å²) < 4.78 is 6.31. The Balaban J connectivity index is 1.34. The molecule has 0 aliphatic heterocycles. The Morgan fingerprint density at radius 3 is 1.64 bits per heavy atom. The molecule has 0 aliphatic rings. The number of nitrogens with zero attached hydrogens (tertiary/aromatic N) is 1. The second kappa shape index (κ2) is 10.3. The number of fused-ring (bicyclic) bond motifs is 5. The van der Waals surface area contributed by atoms with Crippen molar-refractivity contribution in [1.82, 2.24) is 4.98 Å². The van der Waals surface area contributed by atoms with E-state index in [1.165, 1.54) is 43.8 Å². The van der Waals surface area contributed by atoms with Crippen molar-refractivity contribution in [2.75, 3.05) is 0 Å². The van der Waals surface area contributed by atoms with Crippen molar-refractivity contribution >= 4 is 43.5 Å². The molecule has 2 aromatic heterocycles. The van der Waals surface area contributed by atoms with Gasteiger partial charge in [-0.25, -0.2) is 0 Å². The van der Waals surface area contributed by atoms with Crippen molar-refractivity contribution in [2.24, 2.45) is 0 Å². The molecule has 0 unspecified atom stereocenters. The van der Waals surface area contributed by atoms with E-state index in [9.17, 15) is 0 Å². The second-order valence-corrected chi connectivity index (χ2v) is 11.5. The van der Waals surface area contributed by atoms with Gasteiger partial charge in [0.2, 0.25) is 0 Å². The highest BCUT2D eigenvalue weighted by Crippen LogP contribution is 2.46. The molecule has 45 heavy (non-hydrogen) atoms. The van der Waals surface area contributed by atoms with Crippen molar-refractivity contribution < 1.29 is 4.42 Å². The largest absolute Gasteiger partial charge is 0.456 e. The molecule has 0 spiro atoms. The lowest BCUT2D eigenvalue weighted by atomic mass is 9.85. The quantitative estimate of drug-likeness (QED) is 0.196. The van der Waals surface area contributed by atoms with E-state index in [4.69, 9.17) is 9.40 Å². The van der Waals surface area contributed by atoms with Crippen LogP contribution in [-0.2, 0) is 0 Å². The van der Waals surface area contributed by atoms with Crippen molar-refractivity contribution in [2.45, 2.75) is 0 Å². The molecule has 0 saturated carbocycles. The molecule has 0 N–H and O–H groups in total. The zero-order valence-corrected chi connectivity index (χ0v) is 24.4. The summed E-state index contributed by atoms with van der Waals surface area (Å²) in [5, 5.41) is 7.18. The Kier molecular flexibility index (Phi) is 5.85. The first-order chi connectivity index (χ1) is 22.3. The van der Waals surface area contributed by atoms with Gasteiger partial charge in [-0.15, -0.1) is 0 Å². The monoisotopic (exact) mass is 573 g/mol. The van der Waals surface area contributed by atoms with Crippen LogP contribution in [0.2, 0.25) is 0 Å². The van der Waals surface area contributed by atoms with Crippen LogP contribution in [0.3, 0.4) is 0 Å². The molecule has 210 valence electrons. The van der Waals surface area contributed by atoms with Crippen LogP contribution < -0.4 is 0 Å². The smallest absolute Gasteiger partial charge is 0.136 e. The summed E-state index contributed by atoms with van der Waals surface area (Å²) >= 11 is 0. The molecule has 9 rings (SSSR count). The van der Waals surface area contributed by atoms with E-state index < -0.39 is 0 Å². The minimum absolute atomic E-state index is 0.866. The minimum Gasteiger partial charge on any atom is -0.456 e. The van der Waals surface area contributed by atoms with Gasteiger partial charge in [0, 0.05) is 22.5 Å². The van der Waals surface area contributed by atoms with Crippen LogP contribution in [0.5, 0.6) is 0 Å². The summed E-state index contributed by atoms with van der Waals surface area (Å²) in [6.07, 6.45) is 1.86. The maximum absolute atomic E-state index is 6.31. The highest BCUT2D eigenvalue weighted by atomic mass is 16.3. The zero-order chi connectivity index (χ0) is 29.7. The van der Waals surface area contributed by atoms with Crippen LogP contribution in [0.15, 0.2) is 168 Å². The van der Waals surface area contributed by atoms with Gasteiger partial charge in [0.15, 0.2) is 0 Å². The molecule has 0 bridgehead atoms. The molecule has 7 aromatic carbocycles. The van der Waals surface area contributed by atoms with Gasteiger partial charge in [0.1, 0.15) is 11.2 Å². The number of furan rings is 1. The lowest BCUT2D eigenvalue weighted by molar-refractivity contribution is 0.669. The van der Waals surface area contributed by atoms with Gasteiger partial charge < -0.3 is 4.42 Å². The van der Waals surface area contributed by atoms with Crippen LogP contribution in [0.1, 0.15) is 0 Å². The van der Waals surface area contributed by atoms with Crippen molar-refractivity contribution in [3.05, 3.63) is 164 Å². The van der Waals surface area contributed by atoms with Gasteiger partial charge in [-0.3, -0.25) is 4.98 Å². The lowest BCUT2D eigenvalue weighted by Gasteiger charge is -2.18. The number of aromatic nitrogens is 1. The predicted octanol–water partition coefficient (Wildman–Crippen LogP) is 12.0. The number of hydrogen-bond acceptors (Lipinski definition) is 2. The summed E-state index contributed by atoms with van der Waals surface area (Å²) in [5.74, 6) is 0. The highest BCUT2D eigenvalue weighted by Gasteiger charge is 2.20. The van der Waals surface area contributed by atoms with E-state index in [1.54, 1.807) is 0 Å². The van der Waals surface area contributed by atoms with E-state index in [-0.39, 0.29) is 0 Å². The topological polar surface area (TPSA) is 26.0 Å². The number of para-hydroxylation sites is 1. The lowest BCUT2D eigenvalue weighted by Crippen LogP contribution is -1.92.